The molecule has 0 fully saturated rings. The summed E-state index contributed by atoms with van der Waals surface area (Å²) in [7, 11) is 0. The molecule has 0 aliphatic carbocycles. The number of nitrogens with zero attached hydrogens (tertiary/aromatic N) is 2. The first-order chi connectivity index (χ1) is 8.58. The van der Waals surface area contributed by atoms with Crippen LogP contribution in [0.1, 0.15) is 37.0 Å². The number of rotatable bonds is 7. The van der Waals surface area contributed by atoms with Gasteiger partial charge in [-0.1, -0.05) is 13.3 Å². The average molecular weight is 253 g/mol. The Balaban J connectivity index is 2.51. The van der Waals surface area contributed by atoms with Crippen LogP contribution >= 0.6 is 0 Å². The van der Waals surface area contributed by atoms with Crippen molar-refractivity contribution in [2.45, 2.75) is 33.2 Å². The Morgan fingerprint density at radius 1 is 1.50 bits per heavy atom. The van der Waals surface area contributed by atoms with E-state index in [2.05, 4.69) is 10.4 Å². The SMILES string of the molecule is CCCC(CNC(=O)c1cnn(CC)c1)C(=O)O. The van der Waals surface area contributed by atoms with Crippen LogP contribution in [-0.4, -0.2) is 33.3 Å². The third-order valence-electron chi connectivity index (χ3n) is 2.71. The fourth-order valence-electron chi connectivity index (χ4n) is 1.63. The molecule has 100 valence electrons. The van der Waals surface area contributed by atoms with Crippen molar-refractivity contribution in [1.29, 1.82) is 0 Å². The zero-order chi connectivity index (χ0) is 13.5. The highest BCUT2D eigenvalue weighted by atomic mass is 16.4. The van der Waals surface area contributed by atoms with Gasteiger partial charge in [-0.2, -0.15) is 5.10 Å². The molecule has 0 radical (unpaired) electrons. The van der Waals surface area contributed by atoms with Gasteiger partial charge in [0.2, 0.25) is 0 Å². The quantitative estimate of drug-likeness (QED) is 0.763. The molecular formula is C12H19N3O3. The highest BCUT2D eigenvalue weighted by molar-refractivity contribution is 5.93. The van der Waals surface area contributed by atoms with Crippen LogP contribution in [-0.2, 0) is 11.3 Å². The van der Waals surface area contributed by atoms with E-state index in [0.717, 1.165) is 6.42 Å². The maximum Gasteiger partial charge on any atom is 0.308 e. The smallest absolute Gasteiger partial charge is 0.308 e. The lowest BCUT2D eigenvalue weighted by Gasteiger charge is -2.11. The predicted molar refractivity (Wildman–Crippen MR) is 66.3 cm³/mol. The predicted octanol–water partition coefficient (Wildman–Crippen LogP) is 1.13. The monoisotopic (exact) mass is 253 g/mol. The van der Waals surface area contributed by atoms with Gasteiger partial charge in [0.05, 0.1) is 17.7 Å². The topological polar surface area (TPSA) is 84.2 Å². The van der Waals surface area contributed by atoms with Crippen LogP contribution in [0.4, 0.5) is 0 Å². The van der Waals surface area contributed by atoms with Gasteiger partial charge < -0.3 is 10.4 Å². The van der Waals surface area contributed by atoms with E-state index in [4.69, 9.17) is 5.11 Å². The second kappa shape index (κ2) is 6.78. The minimum absolute atomic E-state index is 0.152. The van der Waals surface area contributed by atoms with Crippen molar-refractivity contribution in [3.63, 3.8) is 0 Å². The molecule has 1 heterocycles. The van der Waals surface area contributed by atoms with Crippen LogP contribution in [0.3, 0.4) is 0 Å². The van der Waals surface area contributed by atoms with E-state index in [1.165, 1.54) is 6.20 Å². The van der Waals surface area contributed by atoms with Crippen LogP contribution in [0.15, 0.2) is 12.4 Å². The van der Waals surface area contributed by atoms with E-state index >= 15 is 0 Å². The molecule has 6 nitrogen and oxygen atoms in total. The number of aromatic nitrogens is 2. The first-order valence-electron chi connectivity index (χ1n) is 6.11. The summed E-state index contributed by atoms with van der Waals surface area (Å²) in [6.07, 6.45) is 4.46. The summed E-state index contributed by atoms with van der Waals surface area (Å²) < 4.78 is 1.65. The number of nitrogens with one attached hydrogen (secondary N) is 1. The van der Waals surface area contributed by atoms with E-state index in [9.17, 15) is 9.59 Å². The molecular weight excluding hydrogens is 234 g/mol. The molecule has 0 bridgehead atoms. The number of amides is 1. The van der Waals surface area contributed by atoms with Crippen molar-refractivity contribution >= 4 is 11.9 Å². The summed E-state index contributed by atoms with van der Waals surface area (Å²) >= 11 is 0. The van der Waals surface area contributed by atoms with Crippen LogP contribution in [0.5, 0.6) is 0 Å². The second-order valence-electron chi connectivity index (χ2n) is 4.12. The standard InChI is InChI=1S/C12H19N3O3/c1-3-5-9(12(17)18)6-13-11(16)10-7-14-15(4-2)8-10/h7-9H,3-6H2,1-2H3,(H,13,16)(H,17,18). The molecule has 1 rings (SSSR count). The van der Waals surface area contributed by atoms with E-state index < -0.39 is 11.9 Å². The maximum atomic E-state index is 11.7. The van der Waals surface area contributed by atoms with Crippen molar-refractivity contribution in [2.75, 3.05) is 6.54 Å². The van der Waals surface area contributed by atoms with E-state index in [1.54, 1.807) is 10.9 Å². The summed E-state index contributed by atoms with van der Waals surface area (Å²) in [5.41, 5.74) is 0.456. The summed E-state index contributed by atoms with van der Waals surface area (Å²) in [4.78, 5) is 22.7. The number of aliphatic carboxylic acids is 1. The molecule has 1 atom stereocenters. The first kappa shape index (κ1) is 14.2. The largest absolute Gasteiger partial charge is 0.481 e. The Morgan fingerprint density at radius 3 is 2.72 bits per heavy atom. The molecule has 0 saturated carbocycles. The number of hydrogen-bond acceptors (Lipinski definition) is 3. The fourth-order valence-corrected chi connectivity index (χ4v) is 1.63. The molecule has 0 saturated heterocycles. The fraction of sp³-hybridized carbons (Fsp3) is 0.583. The lowest BCUT2D eigenvalue weighted by atomic mass is 10.0. The zero-order valence-electron chi connectivity index (χ0n) is 10.7. The number of carbonyl (C=O) groups is 2. The lowest BCUT2D eigenvalue weighted by molar-refractivity contribution is -0.141. The molecule has 0 spiro atoms. The van der Waals surface area contributed by atoms with Crippen LogP contribution < -0.4 is 5.32 Å². The van der Waals surface area contributed by atoms with Gasteiger partial charge >= 0.3 is 5.97 Å². The average Bonchev–Trinajstić information content (AvgIpc) is 2.82. The summed E-state index contributed by atoms with van der Waals surface area (Å²) in [5, 5.41) is 15.6. The first-order valence-corrected chi connectivity index (χ1v) is 6.11. The highest BCUT2D eigenvalue weighted by Crippen LogP contribution is 2.06. The minimum atomic E-state index is -0.874. The molecule has 1 amide bonds. The molecule has 18 heavy (non-hydrogen) atoms. The maximum absolute atomic E-state index is 11.7. The van der Waals surface area contributed by atoms with Gasteiger partial charge in [0, 0.05) is 19.3 Å². The molecule has 1 aromatic heterocycles. The second-order valence-corrected chi connectivity index (χ2v) is 4.12. The van der Waals surface area contributed by atoms with Gasteiger partial charge in [0.25, 0.3) is 5.91 Å². The van der Waals surface area contributed by atoms with E-state index in [1.807, 2.05) is 13.8 Å². The van der Waals surface area contributed by atoms with Crippen LogP contribution in [0.25, 0.3) is 0 Å². The highest BCUT2D eigenvalue weighted by Gasteiger charge is 2.18. The number of aryl methyl sites for hydroxylation is 1. The summed E-state index contributed by atoms with van der Waals surface area (Å²) in [5.74, 6) is -1.68. The van der Waals surface area contributed by atoms with Crippen molar-refractivity contribution in [1.82, 2.24) is 15.1 Å². The molecule has 6 heteroatoms. The summed E-state index contributed by atoms with van der Waals surface area (Å²) in [6, 6.07) is 0. The summed E-state index contributed by atoms with van der Waals surface area (Å²) in [6.45, 7) is 4.69. The number of hydrogen-bond donors (Lipinski definition) is 2. The van der Waals surface area contributed by atoms with Crippen LogP contribution in [0.2, 0.25) is 0 Å². The number of carbonyl (C=O) groups excluding carboxylic acids is 1. The molecule has 1 aromatic rings. The van der Waals surface area contributed by atoms with Crippen LogP contribution in [0, 0.1) is 5.92 Å². The van der Waals surface area contributed by atoms with Gasteiger partial charge in [-0.05, 0) is 13.3 Å². The van der Waals surface area contributed by atoms with Crippen molar-refractivity contribution in [3.05, 3.63) is 18.0 Å². The zero-order valence-corrected chi connectivity index (χ0v) is 10.7. The van der Waals surface area contributed by atoms with Gasteiger partial charge in [-0.3, -0.25) is 14.3 Å². The molecule has 0 aliphatic rings. The van der Waals surface area contributed by atoms with Gasteiger partial charge in [-0.15, -0.1) is 0 Å². The number of carboxylic acid groups (broad SMARTS) is 1. The van der Waals surface area contributed by atoms with E-state index in [0.29, 0.717) is 18.5 Å². The van der Waals surface area contributed by atoms with Gasteiger partial charge in [0.1, 0.15) is 0 Å². The van der Waals surface area contributed by atoms with Crippen molar-refractivity contribution in [2.24, 2.45) is 5.92 Å². The Labute approximate surface area is 106 Å². The Bertz CT molecular complexity index is 414. The number of carboxylic acids is 1. The van der Waals surface area contributed by atoms with E-state index in [-0.39, 0.29) is 12.5 Å². The third kappa shape index (κ3) is 3.87. The van der Waals surface area contributed by atoms with Gasteiger partial charge in [0.15, 0.2) is 0 Å². The van der Waals surface area contributed by atoms with Crippen molar-refractivity contribution in [3.8, 4) is 0 Å². The van der Waals surface area contributed by atoms with Crippen molar-refractivity contribution < 1.29 is 14.7 Å². The molecule has 0 aromatic carbocycles. The lowest BCUT2D eigenvalue weighted by Crippen LogP contribution is -2.32. The Kier molecular flexibility index (Phi) is 5.35. The molecule has 1 unspecified atom stereocenters. The third-order valence-corrected chi connectivity index (χ3v) is 2.71. The Hall–Kier alpha value is -1.85. The Morgan fingerprint density at radius 2 is 2.22 bits per heavy atom. The normalized spacial score (nSPS) is 12.1. The molecule has 0 aliphatic heterocycles. The van der Waals surface area contributed by atoms with Gasteiger partial charge in [-0.25, -0.2) is 0 Å². The molecule has 2 N–H and O–H groups in total. The minimum Gasteiger partial charge on any atom is -0.481 e.